The largest absolute Gasteiger partial charge is 0.493 e. The normalized spacial score (nSPS) is 20.4. The third kappa shape index (κ3) is 3.91. The lowest BCUT2D eigenvalue weighted by Crippen LogP contribution is -2.41. The maximum Gasteiger partial charge on any atom is 0.254 e. The predicted molar refractivity (Wildman–Crippen MR) is 113 cm³/mol. The van der Waals surface area contributed by atoms with E-state index in [1.165, 1.54) is 0 Å². The Morgan fingerprint density at radius 1 is 1.18 bits per heavy atom. The molecular weight excluding hydrogens is 348 g/mol. The third-order valence-corrected chi connectivity index (χ3v) is 5.77. The molecule has 146 valence electrons. The molecule has 4 nitrogen and oxygen atoms in total. The first-order valence-corrected chi connectivity index (χ1v) is 10.2. The average Bonchev–Trinajstić information content (AvgIpc) is 3.32. The van der Waals surface area contributed by atoms with Gasteiger partial charge in [-0.3, -0.25) is 4.79 Å². The van der Waals surface area contributed by atoms with Crippen LogP contribution in [0.4, 0.5) is 0 Å². The van der Waals surface area contributed by atoms with Crippen molar-refractivity contribution in [3.63, 3.8) is 0 Å². The van der Waals surface area contributed by atoms with E-state index in [0.717, 1.165) is 41.5 Å². The number of para-hydroxylation sites is 1. The first-order chi connectivity index (χ1) is 13.6. The van der Waals surface area contributed by atoms with E-state index < -0.39 is 0 Å². The quantitative estimate of drug-likeness (QED) is 0.637. The first kappa shape index (κ1) is 18.6. The van der Waals surface area contributed by atoms with E-state index in [2.05, 4.69) is 23.7 Å². The van der Waals surface area contributed by atoms with Gasteiger partial charge in [-0.1, -0.05) is 31.2 Å². The molecule has 0 saturated carbocycles. The van der Waals surface area contributed by atoms with Crippen LogP contribution in [0.25, 0.3) is 10.9 Å². The zero-order valence-electron chi connectivity index (χ0n) is 16.6. The number of H-pyrrole nitrogens is 1. The Bertz CT molecular complexity index is 934. The molecule has 1 aliphatic heterocycles. The molecule has 3 atom stereocenters. The number of aromatic nitrogens is 1. The molecule has 0 bridgehead atoms. The summed E-state index contributed by atoms with van der Waals surface area (Å²) < 4.78 is 5.92. The number of rotatable bonds is 6. The van der Waals surface area contributed by atoms with Crippen LogP contribution >= 0.6 is 0 Å². The minimum Gasteiger partial charge on any atom is -0.493 e. The Hall–Kier alpha value is -2.75. The fourth-order valence-electron chi connectivity index (χ4n) is 4.29. The summed E-state index contributed by atoms with van der Waals surface area (Å²) in [6.07, 6.45) is 5.00. The van der Waals surface area contributed by atoms with Gasteiger partial charge in [-0.15, -0.1) is 0 Å². The number of carbonyl (C=O) groups excluding carboxylic acids is 1. The van der Waals surface area contributed by atoms with Gasteiger partial charge in [0.2, 0.25) is 0 Å². The molecule has 3 aromatic rings. The van der Waals surface area contributed by atoms with Gasteiger partial charge in [0, 0.05) is 29.4 Å². The van der Waals surface area contributed by atoms with Crippen molar-refractivity contribution in [2.45, 2.75) is 45.2 Å². The van der Waals surface area contributed by atoms with Gasteiger partial charge in [-0.05, 0) is 67.8 Å². The fraction of sp³-hybridized carbons (Fsp3) is 0.375. The molecule has 1 amide bonds. The van der Waals surface area contributed by atoms with Crippen molar-refractivity contribution in [3.8, 4) is 5.75 Å². The molecule has 0 spiro atoms. The van der Waals surface area contributed by atoms with Crippen LogP contribution in [0, 0.1) is 5.92 Å². The Morgan fingerprint density at radius 3 is 2.82 bits per heavy atom. The lowest BCUT2D eigenvalue weighted by atomic mass is 10.00. The van der Waals surface area contributed by atoms with Crippen molar-refractivity contribution >= 4 is 16.8 Å². The summed E-state index contributed by atoms with van der Waals surface area (Å²) in [4.78, 5) is 18.6. The molecule has 0 radical (unpaired) electrons. The summed E-state index contributed by atoms with van der Waals surface area (Å²) >= 11 is 0. The Morgan fingerprint density at radius 2 is 2.00 bits per heavy atom. The Balaban J connectivity index is 1.42. The van der Waals surface area contributed by atoms with E-state index >= 15 is 0 Å². The minimum absolute atomic E-state index is 0.141. The summed E-state index contributed by atoms with van der Waals surface area (Å²) in [5, 5.41) is 1.13. The third-order valence-electron chi connectivity index (χ3n) is 5.77. The standard InChI is InChI=1S/C24H28N2O2/c1-17(16-28-22-6-4-3-5-7-22)14-21-11-8-18(2)26(21)24(27)20-10-9-19-12-13-25-23(19)15-20/h3-7,9-10,12-13,15,17-18,21,25H,8,11,14,16H2,1-2H3. The highest BCUT2D eigenvalue weighted by molar-refractivity contribution is 5.98. The molecule has 1 N–H and O–H groups in total. The van der Waals surface area contributed by atoms with E-state index in [0.29, 0.717) is 12.5 Å². The van der Waals surface area contributed by atoms with Crippen LogP contribution in [-0.2, 0) is 0 Å². The van der Waals surface area contributed by atoms with E-state index in [1.807, 2.05) is 60.8 Å². The lowest BCUT2D eigenvalue weighted by molar-refractivity contribution is 0.0650. The second kappa shape index (κ2) is 8.09. The molecule has 1 fully saturated rings. The van der Waals surface area contributed by atoms with Crippen molar-refractivity contribution < 1.29 is 9.53 Å². The van der Waals surface area contributed by atoms with Crippen LogP contribution in [0.5, 0.6) is 5.75 Å². The number of carbonyl (C=O) groups is 1. The molecule has 1 saturated heterocycles. The van der Waals surface area contributed by atoms with E-state index in [9.17, 15) is 4.79 Å². The van der Waals surface area contributed by atoms with Gasteiger partial charge in [-0.25, -0.2) is 0 Å². The zero-order chi connectivity index (χ0) is 19.5. The van der Waals surface area contributed by atoms with Crippen molar-refractivity contribution in [2.75, 3.05) is 6.61 Å². The summed E-state index contributed by atoms with van der Waals surface area (Å²) in [5.41, 5.74) is 1.78. The highest BCUT2D eigenvalue weighted by Gasteiger charge is 2.35. The van der Waals surface area contributed by atoms with Crippen LogP contribution in [-0.4, -0.2) is 34.5 Å². The minimum atomic E-state index is 0.141. The Labute approximate surface area is 166 Å². The highest BCUT2D eigenvalue weighted by Crippen LogP contribution is 2.31. The number of ether oxygens (including phenoxy) is 1. The van der Waals surface area contributed by atoms with Crippen molar-refractivity contribution in [1.29, 1.82) is 0 Å². The number of aromatic amines is 1. The summed E-state index contributed by atoms with van der Waals surface area (Å²) in [7, 11) is 0. The summed E-state index contributed by atoms with van der Waals surface area (Å²) in [6.45, 7) is 5.04. The van der Waals surface area contributed by atoms with Crippen molar-refractivity contribution in [3.05, 3.63) is 66.4 Å². The molecule has 4 rings (SSSR count). The number of hydrogen-bond acceptors (Lipinski definition) is 2. The van der Waals surface area contributed by atoms with Crippen molar-refractivity contribution in [2.24, 2.45) is 5.92 Å². The maximum absolute atomic E-state index is 13.3. The maximum atomic E-state index is 13.3. The summed E-state index contributed by atoms with van der Waals surface area (Å²) in [5.74, 6) is 1.43. The van der Waals surface area contributed by atoms with Gasteiger partial charge in [0.05, 0.1) is 6.61 Å². The van der Waals surface area contributed by atoms with E-state index in [1.54, 1.807) is 0 Å². The van der Waals surface area contributed by atoms with Gasteiger partial charge in [0.1, 0.15) is 5.75 Å². The van der Waals surface area contributed by atoms with Crippen LogP contribution in [0.2, 0.25) is 0 Å². The van der Waals surface area contributed by atoms with Crippen LogP contribution in [0.3, 0.4) is 0 Å². The number of nitrogens with one attached hydrogen (secondary N) is 1. The van der Waals surface area contributed by atoms with Crippen molar-refractivity contribution in [1.82, 2.24) is 9.88 Å². The number of benzene rings is 2. The monoisotopic (exact) mass is 376 g/mol. The van der Waals surface area contributed by atoms with Gasteiger partial charge in [0.15, 0.2) is 0 Å². The number of likely N-dealkylation sites (tertiary alicyclic amines) is 1. The van der Waals surface area contributed by atoms with Gasteiger partial charge in [-0.2, -0.15) is 0 Å². The molecule has 2 aromatic carbocycles. The average molecular weight is 377 g/mol. The SMILES string of the molecule is CC(COc1ccccc1)CC1CCC(C)N1C(=O)c1ccc2cc[nH]c2c1. The molecular formula is C24H28N2O2. The van der Waals surface area contributed by atoms with Crippen LogP contribution < -0.4 is 4.74 Å². The van der Waals surface area contributed by atoms with Gasteiger partial charge < -0.3 is 14.6 Å². The van der Waals surface area contributed by atoms with E-state index in [-0.39, 0.29) is 18.0 Å². The number of fused-ring (bicyclic) bond motifs is 1. The second-order valence-electron chi connectivity index (χ2n) is 8.04. The number of hydrogen-bond donors (Lipinski definition) is 1. The molecule has 0 aliphatic carbocycles. The van der Waals surface area contributed by atoms with E-state index in [4.69, 9.17) is 4.74 Å². The molecule has 28 heavy (non-hydrogen) atoms. The predicted octanol–water partition coefficient (Wildman–Crippen LogP) is 5.27. The number of amides is 1. The fourth-order valence-corrected chi connectivity index (χ4v) is 4.29. The lowest BCUT2D eigenvalue weighted by Gasteiger charge is -2.30. The van der Waals surface area contributed by atoms with Crippen LogP contribution in [0.1, 0.15) is 43.5 Å². The van der Waals surface area contributed by atoms with Crippen LogP contribution in [0.15, 0.2) is 60.8 Å². The highest BCUT2D eigenvalue weighted by atomic mass is 16.5. The zero-order valence-corrected chi connectivity index (χ0v) is 16.6. The summed E-state index contributed by atoms with van der Waals surface area (Å²) in [6, 6.07) is 18.4. The topological polar surface area (TPSA) is 45.3 Å². The number of nitrogens with zero attached hydrogens (tertiary/aromatic N) is 1. The molecule has 4 heteroatoms. The molecule has 1 aromatic heterocycles. The smallest absolute Gasteiger partial charge is 0.254 e. The molecule has 1 aliphatic rings. The first-order valence-electron chi connectivity index (χ1n) is 10.2. The molecule has 3 unspecified atom stereocenters. The Kier molecular flexibility index (Phi) is 5.38. The second-order valence-corrected chi connectivity index (χ2v) is 8.04. The molecule has 2 heterocycles. The van der Waals surface area contributed by atoms with Gasteiger partial charge in [0.25, 0.3) is 5.91 Å². The van der Waals surface area contributed by atoms with Gasteiger partial charge >= 0.3 is 0 Å².